The van der Waals surface area contributed by atoms with E-state index < -0.39 is 6.10 Å². The van der Waals surface area contributed by atoms with Crippen LogP contribution in [0.2, 0.25) is 0 Å². The first-order valence-corrected chi connectivity index (χ1v) is 11.6. The van der Waals surface area contributed by atoms with Gasteiger partial charge >= 0.3 is 5.97 Å². The van der Waals surface area contributed by atoms with Gasteiger partial charge in [-0.2, -0.15) is 0 Å². The first-order chi connectivity index (χ1) is 16.9. The van der Waals surface area contributed by atoms with Crippen LogP contribution in [-0.4, -0.2) is 79.7 Å². The van der Waals surface area contributed by atoms with Gasteiger partial charge in [-0.3, -0.25) is 14.5 Å². The number of carbonyl (C=O) groups is 2. The Labute approximate surface area is 204 Å². The third kappa shape index (κ3) is 6.28. The highest BCUT2D eigenvalue weighted by Crippen LogP contribution is 2.23. The van der Waals surface area contributed by atoms with E-state index in [-0.39, 0.29) is 18.5 Å². The predicted molar refractivity (Wildman–Crippen MR) is 127 cm³/mol. The van der Waals surface area contributed by atoms with E-state index in [2.05, 4.69) is 20.4 Å². The number of aliphatic hydroxyl groups is 1. The summed E-state index contributed by atoms with van der Waals surface area (Å²) in [7, 11) is 0. The van der Waals surface area contributed by atoms with E-state index in [1.807, 2.05) is 54.3 Å². The van der Waals surface area contributed by atoms with Gasteiger partial charge in [0.1, 0.15) is 12.9 Å². The summed E-state index contributed by atoms with van der Waals surface area (Å²) in [5.41, 5.74) is 4.43. The van der Waals surface area contributed by atoms with Gasteiger partial charge in [0.2, 0.25) is 5.91 Å². The number of benzene rings is 2. The maximum absolute atomic E-state index is 12.8. The molecule has 1 amide bonds. The lowest BCUT2D eigenvalue weighted by molar-refractivity contribution is -0.142. The monoisotopic (exact) mass is 478 g/mol. The lowest BCUT2D eigenvalue weighted by Crippen LogP contribution is -2.50. The number of aliphatic hydroxyl groups excluding tert-OH is 1. The summed E-state index contributed by atoms with van der Waals surface area (Å²) in [6.07, 6.45) is 1.21. The van der Waals surface area contributed by atoms with Crippen LogP contribution in [0, 0.1) is 6.92 Å². The maximum Gasteiger partial charge on any atom is 0.302 e. The Morgan fingerprint density at radius 3 is 2.49 bits per heavy atom. The molecule has 1 atom stereocenters. The molecule has 3 aromatic rings. The molecule has 0 radical (unpaired) electrons. The Hall–Kier alpha value is -3.63. The van der Waals surface area contributed by atoms with Crippen molar-refractivity contribution < 1.29 is 19.4 Å². The molecule has 0 aliphatic carbocycles. The number of β-amino-alcohol motifs (C(OH)–C–C–N with tert-alkyl or cyclic N) is 1. The zero-order valence-corrected chi connectivity index (χ0v) is 20.0. The summed E-state index contributed by atoms with van der Waals surface area (Å²) in [4.78, 5) is 28.0. The van der Waals surface area contributed by atoms with Gasteiger partial charge in [-0.1, -0.05) is 30.3 Å². The van der Waals surface area contributed by atoms with Crippen molar-refractivity contribution in [2.24, 2.45) is 0 Å². The molecule has 2 heterocycles. The Balaban J connectivity index is 1.27. The van der Waals surface area contributed by atoms with E-state index in [0.29, 0.717) is 39.1 Å². The van der Waals surface area contributed by atoms with Gasteiger partial charge in [0, 0.05) is 39.6 Å². The molecule has 1 N–H and O–H groups in total. The quantitative estimate of drug-likeness (QED) is 0.484. The average molecular weight is 479 g/mol. The number of piperazine rings is 1. The molecule has 4 rings (SSSR count). The van der Waals surface area contributed by atoms with Crippen molar-refractivity contribution in [2.45, 2.75) is 33.0 Å². The predicted octanol–water partition coefficient (Wildman–Crippen LogP) is 1.45. The van der Waals surface area contributed by atoms with Crippen LogP contribution in [-0.2, 0) is 27.4 Å². The number of carbonyl (C=O) groups excluding carboxylic acids is 2. The molecule has 10 nitrogen and oxygen atoms in total. The van der Waals surface area contributed by atoms with Crippen molar-refractivity contribution in [2.75, 3.05) is 32.7 Å². The van der Waals surface area contributed by atoms with Crippen LogP contribution in [0.25, 0.3) is 5.69 Å². The Kier molecular flexibility index (Phi) is 7.84. The first kappa shape index (κ1) is 24.5. The minimum Gasteiger partial charge on any atom is -0.461 e. The van der Waals surface area contributed by atoms with Gasteiger partial charge in [-0.15, -0.1) is 5.10 Å². The fourth-order valence-corrected chi connectivity index (χ4v) is 4.26. The highest BCUT2D eigenvalue weighted by atomic mass is 16.5. The molecule has 1 aliphatic heterocycles. The second-order valence-electron chi connectivity index (χ2n) is 8.71. The summed E-state index contributed by atoms with van der Waals surface area (Å²) < 4.78 is 6.68. The van der Waals surface area contributed by atoms with Crippen LogP contribution in [0.5, 0.6) is 0 Å². The van der Waals surface area contributed by atoms with Crippen molar-refractivity contribution in [3.63, 3.8) is 0 Å². The topological polar surface area (TPSA) is 114 Å². The number of hydrogen-bond donors (Lipinski definition) is 1. The zero-order valence-electron chi connectivity index (χ0n) is 20.0. The highest BCUT2D eigenvalue weighted by molar-refractivity contribution is 5.79. The Morgan fingerprint density at radius 2 is 1.83 bits per heavy atom. The number of aromatic nitrogens is 4. The lowest BCUT2D eigenvalue weighted by Gasteiger charge is -2.36. The molecule has 184 valence electrons. The third-order valence-electron chi connectivity index (χ3n) is 6.34. The number of nitrogens with zero attached hydrogens (tertiary/aromatic N) is 6. The Morgan fingerprint density at radius 1 is 1.09 bits per heavy atom. The molecule has 1 saturated heterocycles. The fourth-order valence-electron chi connectivity index (χ4n) is 4.26. The van der Waals surface area contributed by atoms with Gasteiger partial charge in [0.05, 0.1) is 18.2 Å². The van der Waals surface area contributed by atoms with Crippen LogP contribution in [0.1, 0.15) is 35.3 Å². The van der Waals surface area contributed by atoms with Gasteiger partial charge < -0.3 is 14.7 Å². The SMILES string of the molecule is CC(=O)OCc1cccc(C(O)CN2CCN(C(=O)Cc3ccc(-n4cnnn4)cc3)CC2)c1C. The standard InChI is InChI=1S/C25H30N6O4/c1-18-21(16-35-19(2)32)4-3-5-23(18)24(33)15-29-10-12-30(13-11-29)25(34)14-20-6-8-22(9-7-20)31-17-26-27-28-31/h3-9,17,24,33H,10-16H2,1-2H3. The fraction of sp³-hybridized carbons (Fsp3) is 0.400. The summed E-state index contributed by atoms with van der Waals surface area (Å²) >= 11 is 0. The molecular formula is C25H30N6O4. The third-order valence-corrected chi connectivity index (χ3v) is 6.34. The molecule has 2 aromatic carbocycles. The van der Waals surface area contributed by atoms with Gasteiger partial charge in [-0.05, 0) is 51.7 Å². The molecular weight excluding hydrogens is 448 g/mol. The van der Waals surface area contributed by atoms with Crippen molar-refractivity contribution in [1.29, 1.82) is 0 Å². The highest BCUT2D eigenvalue weighted by Gasteiger charge is 2.24. The van der Waals surface area contributed by atoms with Gasteiger partial charge in [0.15, 0.2) is 0 Å². The van der Waals surface area contributed by atoms with Crippen LogP contribution >= 0.6 is 0 Å². The van der Waals surface area contributed by atoms with E-state index in [1.54, 1.807) is 4.68 Å². The molecule has 10 heteroatoms. The number of hydrogen-bond acceptors (Lipinski definition) is 8. The van der Waals surface area contributed by atoms with Crippen molar-refractivity contribution >= 4 is 11.9 Å². The van der Waals surface area contributed by atoms with Gasteiger partial charge in [-0.25, -0.2) is 4.68 Å². The van der Waals surface area contributed by atoms with Crippen molar-refractivity contribution in [1.82, 2.24) is 30.0 Å². The summed E-state index contributed by atoms with van der Waals surface area (Å²) in [6, 6.07) is 13.3. The van der Waals surface area contributed by atoms with E-state index >= 15 is 0 Å². The Bertz CT molecular complexity index is 1140. The number of tetrazole rings is 1. The molecule has 1 aliphatic rings. The van der Waals surface area contributed by atoms with Crippen LogP contribution in [0.4, 0.5) is 0 Å². The molecule has 0 bridgehead atoms. The zero-order chi connectivity index (χ0) is 24.8. The first-order valence-electron chi connectivity index (χ1n) is 11.6. The maximum atomic E-state index is 12.8. The molecule has 1 aromatic heterocycles. The summed E-state index contributed by atoms with van der Waals surface area (Å²) in [6.45, 7) is 6.65. The molecule has 0 spiro atoms. The molecule has 1 fully saturated rings. The number of amides is 1. The second kappa shape index (κ2) is 11.2. The van der Waals surface area contributed by atoms with Gasteiger partial charge in [0.25, 0.3) is 0 Å². The van der Waals surface area contributed by atoms with Crippen molar-refractivity contribution in [3.05, 3.63) is 71.0 Å². The van der Waals surface area contributed by atoms with Crippen LogP contribution in [0.3, 0.4) is 0 Å². The molecule has 0 saturated carbocycles. The summed E-state index contributed by atoms with van der Waals surface area (Å²) in [5, 5.41) is 22.0. The molecule has 35 heavy (non-hydrogen) atoms. The molecule has 1 unspecified atom stereocenters. The van der Waals surface area contributed by atoms with Crippen LogP contribution in [0.15, 0.2) is 48.8 Å². The minimum absolute atomic E-state index is 0.0920. The lowest BCUT2D eigenvalue weighted by atomic mass is 9.98. The smallest absolute Gasteiger partial charge is 0.302 e. The largest absolute Gasteiger partial charge is 0.461 e. The van der Waals surface area contributed by atoms with Crippen molar-refractivity contribution in [3.8, 4) is 5.69 Å². The van der Waals surface area contributed by atoms with Crippen LogP contribution < -0.4 is 0 Å². The minimum atomic E-state index is -0.659. The average Bonchev–Trinajstić information content (AvgIpc) is 3.39. The van der Waals surface area contributed by atoms with E-state index in [9.17, 15) is 14.7 Å². The number of ether oxygens (including phenoxy) is 1. The number of esters is 1. The normalized spacial score (nSPS) is 15.1. The second-order valence-corrected chi connectivity index (χ2v) is 8.71. The van der Waals surface area contributed by atoms with E-state index in [1.165, 1.54) is 13.3 Å². The number of rotatable bonds is 8. The summed E-state index contributed by atoms with van der Waals surface area (Å²) in [5.74, 6) is -0.237. The van der Waals surface area contributed by atoms with E-state index in [0.717, 1.165) is 27.9 Å². The van der Waals surface area contributed by atoms with E-state index in [4.69, 9.17) is 4.74 Å².